The standard InChI is InChI=1S/2C5H11N.2C4H9NO.3C2H6/c2*1-2-4-6-5-3-1;2*1-3-6-4-2-5-1;3*1-2/h2*6H,1-5H2;2*5H,1-4H2;3*1-2H3. The fourth-order valence-corrected chi connectivity index (χ4v) is 2.64. The lowest BCUT2D eigenvalue weighted by Crippen LogP contribution is -2.30. The first-order chi connectivity index (χ1) is 15.0. The Morgan fingerprint density at radius 3 is 0.633 bits per heavy atom. The molecule has 0 bridgehead atoms. The van der Waals surface area contributed by atoms with Crippen LogP contribution in [0.3, 0.4) is 0 Å². The SMILES string of the molecule is C1CCNCC1.C1CCNCC1.C1COCCN1.C1COCCN1.CC.CC.CC. The van der Waals surface area contributed by atoms with Crippen LogP contribution in [0.1, 0.15) is 80.1 Å². The number of morpholine rings is 2. The monoisotopic (exact) mass is 434 g/mol. The van der Waals surface area contributed by atoms with Crippen molar-refractivity contribution >= 4 is 0 Å². The van der Waals surface area contributed by atoms with Crippen molar-refractivity contribution in [2.24, 2.45) is 0 Å². The van der Waals surface area contributed by atoms with E-state index >= 15 is 0 Å². The van der Waals surface area contributed by atoms with Crippen molar-refractivity contribution in [3.8, 4) is 0 Å². The van der Waals surface area contributed by atoms with Gasteiger partial charge >= 0.3 is 0 Å². The summed E-state index contributed by atoms with van der Waals surface area (Å²) in [7, 11) is 0. The molecule has 0 saturated carbocycles. The van der Waals surface area contributed by atoms with Crippen molar-refractivity contribution in [1.82, 2.24) is 21.3 Å². The first-order valence-corrected chi connectivity index (χ1v) is 13.0. The predicted octanol–water partition coefficient (Wildman–Crippen LogP) is 3.81. The van der Waals surface area contributed by atoms with Gasteiger partial charge in [-0.1, -0.05) is 54.4 Å². The highest BCUT2D eigenvalue weighted by molar-refractivity contribution is 4.55. The maximum absolute atomic E-state index is 5.01. The molecule has 4 heterocycles. The molecule has 0 atom stereocenters. The van der Waals surface area contributed by atoms with Crippen LogP contribution in [0.25, 0.3) is 0 Å². The van der Waals surface area contributed by atoms with E-state index in [1.165, 1.54) is 64.7 Å². The number of hydrogen-bond acceptors (Lipinski definition) is 6. The second-order valence-electron chi connectivity index (χ2n) is 6.35. The zero-order valence-electron chi connectivity index (χ0n) is 21.5. The minimum absolute atomic E-state index is 0.889. The van der Waals surface area contributed by atoms with Gasteiger partial charge in [-0.3, -0.25) is 0 Å². The molecule has 0 aliphatic carbocycles. The van der Waals surface area contributed by atoms with E-state index < -0.39 is 0 Å². The van der Waals surface area contributed by atoms with Crippen molar-refractivity contribution in [2.75, 3.05) is 78.8 Å². The maximum atomic E-state index is 5.01. The molecule has 0 unspecified atom stereocenters. The van der Waals surface area contributed by atoms with Gasteiger partial charge < -0.3 is 30.7 Å². The van der Waals surface area contributed by atoms with Crippen LogP contribution < -0.4 is 21.3 Å². The van der Waals surface area contributed by atoms with Gasteiger partial charge in [-0.15, -0.1) is 0 Å². The molecule has 0 radical (unpaired) electrons. The molecule has 0 spiro atoms. The second kappa shape index (κ2) is 39.3. The van der Waals surface area contributed by atoms with E-state index in [1.807, 2.05) is 41.5 Å². The smallest absolute Gasteiger partial charge is 0.0591 e. The molecule has 4 N–H and O–H groups in total. The highest BCUT2D eigenvalue weighted by Gasteiger charge is 1.95. The third-order valence-corrected chi connectivity index (χ3v) is 4.11. The topological polar surface area (TPSA) is 66.6 Å². The average Bonchev–Trinajstić information content (AvgIpc) is 2.93. The fourth-order valence-electron chi connectivity index (χ4n) is 2.64. The molecule has 30 heavy (non-hydrogen) atoms. The predicted molar refractivity (Wildman–Crippen MR) is 135 cm³/mol. The molecular formula is C24H58N4O2. The molecule has 4 aliphatic rings. The molecule has 4 saturated heterocycles. The molecule has 4 aliphatic heterocycles. The zero-order chi connectivity index (χ0) is 23.0. The van der Waals surface area contributed by atoms with E-state index in [0.29, 0.717) is 0 Å². The Bertz CT molecular complexity index is 137. The van der Waals surface area contributed by atoms with Crippen molar-refractivity contribution in [3.63, 3.8) is 0 Å². The summed E-state index contributed by atoms with van der Waals surface area (Å²) >= 11 is 0. The Morgan fingerprint density at radius 2 is 0.567 bits per heavy atom. The Balaban J connectivity index is -0.000000299. The molecule has 0 aromatic rings. The van der Waals surface area contributed by atoms with Gasteiger partial charge in [0, 0.05) is 26.2 Å². The molecule has 0 aromatic carbocycles. The van der Waals surface area contributed by atoms with Crippen LogP contribution in [0.4, 0.5) is 0 Å². The van der Waals surface area contributed by atoms with E-state index in [2.05, 4.69) is 21.3 Å². The number of nitrogens with one attached hydrogen (secondary N) is 4. The van der Waals surface area contributed by atoms with Crippen LogP contribution in [0.5, 0.6) is 0 Å². The van der Waals surface area contributed by atoms with E-state index in [4.69, 9.17) is 9.47 Å². The minimum Gasteiger partial charge on any atom is -0.379 e. The number of hydrogen-bond donors (Lipinski definition) is 4. The lowest BCUT2D eigenvalue weighted by molar-refractivity contribution is 0.109. The molecule has 0 aromatic heterocycles. The normalized spacial score (nSPS) is 19.8. The quantitative estimate of drug-likeness (QED) is 0.465. The minimum atomic E-state index is 0.889. The van der Waals surface area contributed by atoms with Crippen LogP contribution in [0.2, 0.25) is 0 Å². The Hall–Kier alpha value is -0.240. The Kier molecular flexibility index (Phi) is 45.0. The third-order valence-electron chi connectivity index (χ3n) is 4.11. The maximum Gasteiger partial charge on any atom is 0.0591 e. The van der Waals surface area contributed by atoms with E-state index in [0.717, 1.165) is 52.6 Å². The van der Waals surface area contributed by atoms with E-state index in [1.54, 1.807) is 0 Å². The van der Waals surface area contributed by atoms with Crippen molar-refractivity contribution in [3.05, 3.63) is 0 Å². The molecule has 4 fully saturated rings. The van der Waals surface area contributed by atoms with Gasteiger partial charge in [0.2, 0.25) is 0 Å². The van der Waals surface area contributed by atoms with Crippen LogP contribution >= 0.6 is 0 Å². The second-order valence-corrected chi connectivity index (χ2v) is 6.35. The van der Waals surface area contributed by atoms with Crippen molar-refractivity contribution in [1.29, 1.82) is 0 Å². The number of rotatable bonds is 0. The van der Waals surface area contributed by atoms with Gasteiger partial charge in [-0.25, -0.2) is 0 Å². The summed E-state index contributed by atoms with van der Waals surface area (Å²) in [5.74, 6) is 0. The van der Waals surface area contributed by atoms with Gasteiger partial charge in [0.25, 0.3) is 0 Å². The molecular weight excluding hydrogens is 376 g/mol. The highest BCUT2D eigenvalue weighted by atomic mass is 16.5. The molecule has 0 amide bonds. The fraction of sp³-hybridized carbons (Fsp3) is 1.00. The van der Waals surface area contributed by atoms with E-state index in [-0.39, 0.29) is 0 Å². The summed E-state index contributed by atoms with van der Waals surface area (Å²) in [4.78, 5) is 0. The highest BCUT2D eigenvalue weighted by Crippen LogP contribution is 1.97. The first-order valence-electron chi connectivity index (χ1n) is 13.0. The van der Waals surface area contributed by atoms with Crippen LogP contribution in [0.15, 0.2) is 0 Å². The molecule has 4 rings (SSSR count). The zero-order valence-corrected chi connectivity index (χ0v) is 21.5. The van der Waals surface area contributed by atoms with Crippen molar-refractivity contribution in [2.45, 2.75) is 80.1 Å². The number of ether oxygens (including phenoxy) is 2. The largest absolute Gasteiger partial charge is 0.379 e. The molecule has 6 heteroatoms. The lowest BCUT2D eigenvalue weighted by Gasteiger charge is -2.10. The summed E-state index contributed by atoms with van der Waals surface area (Å²) in [5.41, 5.74) is 0. The summed E-state index contributed by atoms with van der Waals surface area (Å²) in [6, 6.07) is 0. The molecule has 6 nitrogen and oxygen atoms in total. The Morgan fingerprint density at radius 1 is 0.333 bits per heavy atom. The lowest BCUT2D eigenvalue weighted by atomic mass is 10.2. The van der Waals surface area contributed by atoms with Crippen LogP contribution in [0, 0.1) is 0 Å². The first kappa shape index (κ1) is 34.4. The third kappa shape index (κ3) is 35.2. The average molecular weight is 435 g/mol. The van der Waals surface area contributed by atoms with Crippen LogP contribution in [-0.2, 0) is 9.47 Å². The Labute approximate surface area is 190 Å². The van der Waals surface area contributed by atoms with E-state index in [9.17, 15) is 0 Å². The van der Waals surface area contributed by atoms with Gasteiger partial charge in [0.05, 0.1) is 26.4 Å². The van der Waals surface area contributed by atoms with Gasteiger partial charge in [0.1, 0.15) is 0 Å². The molecule has 186 valence electrons. The summed E-state index contributed by atoms with van der Waals surface area (Å²) < 4.78 is 10.0. The van der Waals surface area contributed by atoms with Crippen LogP contribution in [-0.4, -0.2) is 78.8 Å². The van der Waals surface area contributed by atoms with Crippen molar-refractivity contribution < 1.29 is 9.47 Å². The summed E-state index contributed by atoms with van der Waals surface area (Å²) in [6.45, 7) is 24.7. The van der Waals surface area contributed by atoms with Gasteiger partial charge in [0.15, 0.2) is 0 Å². The summed E-state index contributed by atoms with van der Waals surface area (Å²) in [6.07, 6.45) is 8.43. The van der Waals surface area contributed by atoms with Gasteiger partial charge in [-0.2, -0.15) is 0 Å². The number of piperidine rings is 2. The summed E-state index contributed by atoms with van der Waals surface area (Å²) in [5, 5.41) is 12.9. The van der Waals surface area contributed by atoms with Gasteiger partial charge in [-0.05, 0) is 51.9 Å².